The minimum atomic E-state index is -0.677. The van der Waals surface area contributed by atoms with Crippen LogP contribution in [-0.2, 0) is 4.79 Å². The summed E-state index contributed by atoms with van der Waals surface area (Å²) in [5, 5.41) is 5.65. The van der Waals surface area contributed by atoms with Crippen LogP contribution in [0.3, 0.4) is 0 Å². The maximum atomic E-state index is 11.5. The molecule has 8 heteroatoms. The highest BCUT2D eigenvalue weighted by atomic mass is 16.2. The van der Waals surface area contributed by atoms with Crippen LogP contribution in [0.25, 0.3) is 0 Å². The number of carbonyl (C=O) groups excluding carboxylic acids is 1. The van der Waals surface area contributed by atoms with Crippen LogP contribution >= 0.6 is 0 Å². The van der Waals surface area contributed by atoms with E-state index in [-0.39, 0.29) is 17.0 Å². The Hall–Kier alpha value is -2.38. The van der Waals surface area contributed by atoms with Crippen molar-refractivity contribution in [3.8, 4) is 0 Å². The summed E-state index contributed by atoms with van der Waals surface area (Å²) in [5.74, 6) is -0.0415. The second-order valence-electron chi connectivity index (χ2n) is 5.26. The van der Waals surface area contributed by atoms with Crippen molar-refractivity contribution >= 4 is 11.6 Å². The van der Waals surface area contributed by atoms with E-state index in [2.05, 4.69) is 21.0 Å². The first kappa shape index (κ1) is 13.1. The van der Waals surface area contributed by atoms with Gasteiger partial charge in [-0.25, -0.2) is 9.89 Å². The highest BCUT2D eigenvalue weighted by molar-refractivity contribution is 5.91. The third-order valence-corrected chi connectivity index (χ3v) is 2.71. The summed E-state index contributed by atoms with van der Waals surface area (Å²) < 4.78 is 0. The minimum Gasteiger partial charge on any atom is -0.303 e. The average molecular weight is 265 g/mol. The number of hydrogen-bond donors (Lipinski definition) is 4. The lowest BCUT2D eigenvalue weighted by molar-refractivity contribution is -0.117. The van der Waals surface area contributed by atoms with Gasteiger partial charge in [-0.3, -0.25) is 20.0 Å². The highest BCUT2D eigenvalue weighted by Crippen LogP contribution is 2.32. The number of aromatic amines is 2. The number of carbonyl (C=O) groups is 1. The second-order valence-corrected chi connectivity index (χ2v) is 5.26. The second kappa shape index (κ2) is 4.71. The molecule has 0 saturated carbocycles. The van der Waals surface area contributed by atoms with E-state index in [1.807, 2.05) is 18.8 Å². The number of anilines is 1. The van der Waals surface area contributed by atoms with Gasteiger partial charge in [-0.1, -0.05) is 13.8 Å². The number of nitrogens with one attached hydrogen (secondary N) is 4. The van der Waals surface area contributed by atoms with Crippen LogP contribution in [0.15, 0.2) is 21.4 Å². The van der Waals surface area contributed by atoms with Crippen LogP contribution in [0.1, 0.15) is 26.7 Å². The third-order valence-electron chi connectivity index (χ3n) is 2.71. The van der Waals surface area contributed by atoms with Gasteiger partial charge >= 0.3 is 5.69 Å². The molecule has 0 bridgehead atoms. The molecule has 0 spiro atoms. The number of aromatic nitrogens is 3. The normalized spacial score (nSPS) is 17.8. The van der Waals surface area contributed by atoms with Gasteiger partial charge in [0.25, 0.3) is 5.56 Å². The first-order chi connectivity index (χ1) is 8.85. The van der Waals surface area contributed by atoms with Gasteiger partial charge in [0.05, 0.1) is 0 Å². The molecule has 2 rings (SSSR count). The predicted octanol–water partition coefficient (Wildman–Crippen LogP) is -0.352. The van der Waals surface area contributed by atoms with Crippen molar-refractivity contribution in [1.29, 1.82) is 0 Å². The fourth-order valence-corrected chi connectivity index (χ4v) is 2.00. The lowest BCUT2D eigenvalue weighted by Gasteiger charge is -2.29. The molecule has 0 radical (unpaired) electrons. The van der Waals surface area contributed by atoms with E-state index >= 15 is 0 Å². The summed E-state index contributed by atoms with van der Waals surface area (Å²) in [6.45, 7) is 3.98. The Kier molecular flexibility index (Phi) is 3.24. The molecule has 0 fully saturated rings. The molecule has 0 saturated heterocycles. The SMILES string of the molecule is CC1(C)CC(=O)C=C(NNc2n[nH]c(=O)[nH]c2=O)C1. The Bertz CT molecular complexity index is 640. The van der Waals surface area contributed by atoms with Crippen molar-refractivity contribution in [2.24, 2.45) is 5.41 Å². The number of rotatable bonds is 3. The maximum absolute atomic E-state index is 11.5. The molecule has 0 aromatic carbocycles. The molecule has 0 unspecified atom stereocenters. The van der Waals surface area contributed by atoms with Crippen LogP contribution in [-0.4, -0.2) is 21.0 Å². The number of nitrogens with zero attached hydrogens (tertiary/aromatic N) is 1. The minimum absolute atomic E-state index is 0.0314. The Morgan fingerprint density at radius 1 is 1.21 bits per heavy atom. The zero-order valence-electron chi connectivity index (χ0n) is 10.7. The number of H-pyrrole nitrogens is 2. The average Bonchev–Trinajstić information content (AvgIpc) is 2.25. The molecule has 0 amide bonds. The van der Waals surface area contributed by atoms with E-state index < -0.39 is 11.2 Å². The zero-order chi connectivity index (χ0) is 14.0. The van der Waals surface area contributed by atoms with Gasteiger partial charge in [-0.2, -0.15) is 0 Å². The lowest BCUT2D eigenvalue weighted by Crippen LogP contribution is -2.34. The molecule has 1 aliphatic rings. The molecule has 0 aliphatic heterocycles. The summed E-state index contributed by atoms with van der Waals surface area (Å²) in [5.41, 5.74) is 4.58. The van der Waals surface area contributed by atoms with Crippen LogP contribution in [0.5, 0.6) is 0 Å². The molecule has 19 heavy (non-hydrogen) atoms. The largest absolute Gasteiger partial charge is 0.342 e. The first-order valence-electron chi connectivity index (χ1n) is 5.80. The van der Waals surface area contributed by atoms with Crippen LogP contribution in [0.4, 0.5) is 5.82 Å². The summed E-state index contributed by atoms with van der Waals surface area (Å²) >= 11 is 0. The van der Waals surface area contributed by atoms with E-state index in [4.69, 9.17) is 0 Å². The van der Waals surface area contributed by atoms with Crippen molar-refractivity contribution in [3.05, 3.63) is 32.6 Å². The van der Waals surface area contributed by atoms with E-state index in [0.717, 1.165) is 0 Å². The number of hydrogen-bond acceptors (Lipinski definition) is 6. The van der Waals surface area contributed by atoms with Gasteiger partial charge < -0.3 is 5.43 Å². The topological polar surface area (TPSA) is 120 Å². The number of hydrazine groups is 1. The van der Waals surface area contributed by atoms with E-state index in [1.165, 1.54) is 6.08 Å². The van der Waals surface area contributed by atoms with Crippen molar-refractivity contribution in [1.82, 2.24) is 20.6 Å². The summed E-state index contributed by atoms with van der Waals surface area (Å²) in [6, 6.07) is 0. The van der Waals surface area contributed by atoms with Crippen LogP contribution < -0.4 is 22.1 Å². The summed E-state index contributed by atoms with van der Waals surface area (Å²) in [4.78, 5) is 35.7. The molecule has 1 aromatic heterocycles. The lowest BCUT2D eigenvalue weighted by atomic mass is 9.79. The maximum Gasteiger partial charge on any atom is 0.342 e. The van der Waals surface area contributed by atoms with Crippen molar-refractivity contribution in [2.45, 2.75) is 26.7 Å². The Morgan fingerprint density at radius 3 is 2.58 bits per heavy atom. The third kappa shape index (κ3) is 3.30. The molecular weight excluding hydrogens is 250 g/mol. The fourth-order valence-electron chi connectivity index (χ4n) is 2.00. The van der Waals surface area contributed by atoms with Crippen molar-refractivity contribution < 1.29 is 4.79 Å². The zero-order valence-corrected chi connectivity index (χ0v) is 10.7. The first-order valence-corrected chi connectivity index (χ1v) is 5.80. The van der Waals surface area contributed by atoms with E-state index in [0.29, 0.717) is 18.5 Å². The molecule has 102 valence electrons. The van der Waals surface area contributed by atoms with E-state index in [9.17, 15) is 14.4 Å². The van der Waals surface area contributed by atoms with Gasteiger partial charge in [0.2, 0.25) is 5.82 Å². The van der Waals surface area contributed by atoms with Gasteiger partial charge in [-0.15, -0.1) is 5.10 Å². The Balaban J connectivity index is 2.09. The molecule has 4 N–H and O–H groups in total. The number of allylic oxidation sites excluding steroid dienone is 2. The van der Waals surface area contributed by atoms with E-state index in [1.54, 1.807) is 0 Å². The standard InChI is InChI=1S/C11H15N5O3/c1-11(2)4-6(3-7(17)5-11)13-14-8-9(18)12-10(19)16-15-8/h3,13H,4-5H2,1-2H3,(H,14,15)(H2,12,16,18,19). The summed E-state index contributed by atoms with van der Waals surface area (Å²) in [6.07, 6.45) is 2.67. The fraction of sp³-hybridized carbons (Fsp3) is 0.455. The molecule has 1 aromatic rings. The van der Waals surface area contributed by atoms with Gasteiger partial charge in [0, 0.05) is 18.2 Å². The molecule has 0 atom stereocenters. The molecule has 1 aliphatic carbocycles. The van der Waals surface area contributed by atoms with Crippen LogP contribution in [0.2, 0.25) is 0 Å². The predicted molar refractivity (Wildman–Crippen MR) is 68.3 cm³/mol. The van der Waals surface area contributed by atoms with Gasteiger partial charge in [0.1, 0.15) is 0 Å². The molecule has 8 nitrogen and oxygen atoms in total. The number of ketones is 1. The smallest absolute Gasteiger partial charge is 0.303 e. The molecule has 1 heterocycles. The highest BCUT2D eigenvalue weighted by Gasteiger charge is 2.27. The molecular formula is C11H15N5O3. The van der Waals surface area contributed by atoms with Crippen molar-refractivity contribution in [3.63, 3.8) is 0 Å². The quantitative estimate of drug-likeness (QED) is 0.554. The van der Waals surface area contributed by atoms with Crippen molar-refractivity contribution in [2.75, 3.05) is 5.43 Å². The Morgan fingerprint density at radius 2 is 1.95 bits per heavy atom. The van der Waals surface area contributed by atoms with Gasteiger partial charge in [0.15, 0.2) is 5.78 Å². The van der Waals surface area contributed by atoms with Crippen LogP contribution in [0, 0.1) is 5.41 Å². The monoisotopic (exact) mass is 265 g/mol. The van der Waals surface area contributed by atoms with Gasteiger partial charge in [-0.05, 0) is 11.8 Å². The Labute approximate surface area is 108 Å². The summed E-state index contributed by atoms with van der Waals surface area (Å²) in [7, 11) is 0.